The van der Waals surface area contributed by atoms with Gasteiger partial charge in [-0.2, -0.15) is 0 Å². The highest BCUT2D eigenvalue weighted by Crippen LogP contribution is 2.23. The van der Waals surface area contributed by atoms with Crippen molar-refractivity contribution in [1.29, 1.82) is 0 Å². The quantitative estimate of drug-likeness (QED) is 0.892. The Kier molecular flexibility index (Phi) is 4.98. The van der Waals surface area contributed by atoms with Gasteiger partial charge >= 0.3 is 0 Å². The summed E-state index contributed by atoms with van der Waals surface area (Å²) in [5.41, 5.74) is 0.550. The van der Waals surface area contributed by atoms with Gasteiger partial charge in [0.2, 0.25) is 0 Å². The van der Waals surface area contributed by atoms with Gasteiger partial charge in [0.15, 0.2) is 0 Å². The van der Waals surface area contributed by atoms with Crippen LogP contribution in [0, 0.1) is 0 Å². The third-order valence-corrected chi connectivity index (χ3v) is 5.03. The summed E-state index contributed by atoms with van der Waals surface area (Å²) in [4.78, 5) is 0.220. The van der Waals surface area contributed by atoms with Gasteiger partial charge in [0.25, 0.3) is 10.0 Å². The van der Waals surface area contributed by atoms with Crippen molar-refractivity contribution in [3.63, 3.8) is 0 Å². The van der Waals surface area contributed by atoms with Crippen LogP contribution in [-0.4, -0.2) is 26.2 Å². The molecule has 0 aliphatic carbocycles. The Hall–Kier alpha value is -1.85. The summed E-state index contributed by atoms with van der Waals surface area (Å²) in [5, 5.41) is 9.89. The zero-order valence-corrected chi connectivity index (χ0v) is 12.7. The molecular weight excluding hydrogens is 286 g/mol. The van der Waals surface area contributed by atoms with Gasteiger partial charge in [-0.3, -0.25) is 4.31 Å². The van der Waals surface area contributed by atoms with Crippen LogP contribution in [-0.2, 0) is 10.0 Å². The minimum absolute atomic E-state index is 0.0394. The molecule has 2 aromatic carbocycles. The van der Waals surface area contributed by atoms with Crippen molar-refractivity contribution in [2.24, 2.45) is 0 Å². The number of anilines is 1. The summed E-state index contributed by atoms with van der Waals surface area (Å²) in [6.45, 7) is 1.86. The molecule has 112 valence electrons. The molecule has 0 saturated carbocycles. The van der Waals surface area contributed by atoms with E-state index in [-0.39, 0.29) is 11.4 Å². The molecule has 0 aromatic heterocycles. The molecule has 0 radical (unpaired) electrons. The Balaban J connectivity index is 2.45. The fraction of sp³-hybridized carbons (Fsp3) is 0.250. The first kappa shape index (κ1) is 15.5. The first-order valence-corrected chi connectivity index (χ1v) is 8.30. The molecule has 0 saturated heterocycles. The van der Waals surface area contributed by atoms with E-state index in [0.717, 1.165) is 0 Å². The van der Waals surface area contributed by atoms with Crippen molar-refractivity contribution in [3.05, 3.63) is 60.7 Å². The zero-order valence-electron chi connectivity index (χ0n) is 11.9. The van der Waals surface area contributed by atoms with E-state index in [4.69, 9.17) is 0 Å². The lowest BCUT2D eigenvalue weighted by molar-refractivity contribution is 0.179. The number of aliphatic hydroxyl groups excluding tert-OH is 1. The Bertz CT molecular complexity index is 656. The van der Waals surface area contributed by atoms with Crippen LogP contribution in [0.15, 0.2) is 65.6 Å². The maximum atomic E-state index is 12.8. The normalized spacial score (nSPS) is 12.9. The minimum Gasteiger partial charge on any atom is -0.391 e. The average molecular weight is 305 g/mol. The van der Waals surface area contributed by atoms with Crippen LogP contribution < -0.4 is 4.31 Å². The smallest absolute Gasteiger partial charge is 0.264 e. The maximum absolute atomic E-state index is 12.8. The Morgan fingerprint density at radius 2 is 1.52 bits per heavy atom. The molecule has 0 fully saturated rings. The van der Waals surface area contributed by atoms with Crippen molar-refractivity contribution in [3.8, 4) is 0 Å². The average Bonchev–Trinajstić information content (AvgIpc) is 2.53. The van der Waals surface area contributed by atoms with E-state index in [2.05, 4.69) is 0 Å². The van der Waals surface area contributed by atoms with Gasteiger partial charge in [0.1, 0.15) is 0 Å². The predicted molar refractivity (Wildman–Crippen MR) is 83.7 cm³/mol. The van der Waals surface area contributed by atoms with E-state index in [1.807, 2.05) is 13.0 Å². The van der Waals surface area contributed by atoms with Gasteiger partial charge in [0.05, 0.1) is 23.2 Å². The van der Waals surface area contributed by atoms with Crippen molar-refractivity contribution in [2.75, 3.05) is 10.8 Å². The van der Waals surface area contributed by atoms with E-state index in [1.54, 1.807) is 54.6 Å². The molecule has 1 unspecified atom stereocenters. The van der Waals surface area contributed by atoms with E-state index < -0.39 is 16.1 Å². The first-order valence-electron chi connectivity index (χ1n) is 6.86. The molecule has 2 rings (SSSR count). The molecule has 1 atom stereocenters. The van der Waals surface area contributed by atoms with Crippen LogP contribution in [0.2, 0.25) is 0 Å². The second kappa shape index (κ2) is 6.74. The summed E-state index contributed by atoms with van der Waals surface area (Å²) < 4.78 is 26.9. The summed E-state index contributed by atoms with van der Waals surface area (Å²) in [6, 6.07) is 17.1. The van der Waals surface area contributed by atoms with Gasteiger partial charge in [-0.05, 0) is 30.7 Å². The molecule has 0 bridgehead atoms. The number of aliphatic hydroxyl groups is 1. The van der Waals surface area contributed by atoms with Crippen molar-refractivity contribution < 1.29 is 13.5 Å². The molecular formula is C16H19NO3S. The van der Waals surface area contributed by atoms with E-state index >= 15 is 0 Å². The van der Waals surface area contributed by atoms with Crippen LogP contribution in [0.5, 0.6) is 0 Å². The maximum Gasteiger partial charge on any atom is 0.264 e. The number of hydrogen-bond acceptors (Lipinski definition) is 3. The van der Waals surface area contributed by atoms with Gasteiger partial charge in [-0.1, -0.05) is 43.3 Å². The Morgan fingerprint density at radius 1 is 1.00 bits per heavy atom. The SMILES string of the molecule is CCC(O)CN(c1ccccc1)S(=O)(=O)c1ccccc1. The Morgan fingerprint density at radius 3 is 2.05 bits per heavy atom. The predicted octanol–water partition coefficient (Wildman–Crippen LogP) is 2.65. The summed E-state index contributed by atoms with van der Waals surface area (Å²) >= 11 is 0. The fourth-order valence-corrected chi connectivity index (χ4v) is 3.50. The van der Waals surface area contributed by atoms with Crippen molar-refractivity contribution in [1.82, 2.24) is 0 Å². The second-order valence-electron chi connectivity index (χ2n) is 4.75. The van der Waals surface area contributed by atoms with Crippen molar-refractivity contribution in [2.45, 2.75) is 24.3 Å². The standard InChI is InChI=1S/C16H19NO3S/c1-2-15(18)13-17(14-9-5-3-6-10-14)21(19,20)16-11-7-4-8-12-16/h3-12,15,18H,2,13H2,1H3. The number of sulfonamides is 1. The second-order valence-corrected chi connectivity index (χ2v) is 6.61. The largest absolute Gasteiger partial charge is 0.391 e. The van der Waals surface area contributed by atoms with Crippen LogP contribution in [0.3, 0.4) is 0 Å². The molecule has 1 N–H and O–H groups in total. The molecule has 0 heterocycles. The highest BCUT2D eigenvalue weighted by Gasteiger charge is 2.26. The summed E-state index contributed by atoms with van der Waals surface area (Å²) in [5.74, 6) is 0. The molecule has 21 heavy (non-hydrogen) atoms. The number of para-hydroxylation sites is 1. The third-order valence-electron chi connectivity index (χ3n) is 3.22. The highest BCUT2D eigenvalue weighted by molar-refractivity contribution is 7.92. The van der Waals surface area contributed by atoms with Gasteiger partial charge in [-0.15, -0.1) is 0 Å². The minimum atomic E-state index is -3.69. The van der Waals surface area contributed by atoms with E-state index in [9.17, 15) is 13.5 Å². The number of benzene rings is 2. The molecule has 0 spiro atoms. The number of nitrogens with zero attached hydrogens (tertiary/aromatic N) is 1. The fourth-order valence-electron chi connectivity index (χ4n) is 1.98. The number of hydrogen-bond donors (Lipinski definition) is 1. The van der Waals surface area contributed by atoms with Gasteiger partial charge in [0, 0.05) is 0 Å². The molecule has 2 aromatic rings. The van der Waals surface area contributed by atoms with Gasteiger partial charge in [-0.25, -0.2) is 8.42 Å². The van der Waals surface area contributed by atoms with Crippen molar-refractivity contribution >= 4 is 15.7 Å². The monoisotopic (exact) mass is 305 g/mol. The topological polar surface area (TPSA) is 57.6 Å². The Labute approximate surface area is 125 Å². The van der Waals surface area contributed by atoms with E-state index in [0.29, 0.717) is 12.1 Å². The van der Waals surface area contributed by atoms with Crippen LogP contribution in [0.25, 0.3) is 0 Å². The van der Waals surface area contributed by atoms with E-state index in [1.165, 1.54) is 4.31 Å². The first-order chi connectivity index (χ1) is 10.1. The molecule has 0 aliphatic rings. The third kappa shape index (κ3) is 3.62. The molecule has 4 nitrogen and oxygen atoms in total. The summed E-state index contributed by atoms with van der Waals surface area (Å²) in [6.07, 6.45) is -0.211. The lowest BCUT2D eigenvalue weighted by atomic mass is 10.2. The zero-order chi connectivity index (χ0) is 15.3. The van der Waals surface area contributed by atoms with Crippen LogP contribution in [0.1, 0.15) is 13.3 Å². The molecule has 0 aliphatic heterocycles. The van der Waals surface area contributed by atoms with Crippen LogP contribution >= 0.6 is 0 Å². The number of rotatable bonds is 6. The highest BCUT2D eigenvalue weighted by atomic mass is 32.2. The van der Waals surface area contributed by atoms with Gasteiger partial charge < -0.3 is 5.11 Å². The lowest BCUT2D eigenvalue weighted by Crippen LogP contribution is -2.37. The molecule has 0 amide bonds. The lowest BCUT2D eigenvalue weighted by Gasteiger charge is -2.26. The van der Waals surface area contributed by atoms with Crippen LogP contribution in [0.4, 0.5) is 5.69 Å². The summed E-state index contributed by atoms with van der Waals surface area (Å²) in [7, 11) is -3.69. The molecule has 5 heteroatoms.